The highest BCUT2D eigenvalue weighted by molar-refractivity contribution is 9.10. The molecule has 0 atom stereocenters. The first-order valence-corrected chi connectivity index (χ1v) is 10.1. The van der Waals surface area contributed by atoms with E-state index in [1.54, 1.807) is 54.6 Å². The maximum Gasteiger partial charge on any atom is 0.343 e. The average Bonchev–Trinajstić information content (AvgIpc) is 2.76. The third-order valence-electron chi connectivity index (χ3n) is 4.40. The standard InChI is InChI=1S/C23H17BrN2O4/c1-2-29-19-13-15(21-25-18-11-7-6-10-16(18)22(27)26-21)12-17(24)20(19)30-23(28)14-8-4-3-5-9-14/h3-13H,2H2,1H3,(H,25,26,27). The number of hydrogen-bond donors (Lipinski definition) is 1. The number of fused-ring (bicyclic) bond motifs is 1. The van der Waals surface area contributed by atoms with Gasteiger partial charge in [-0.1, -0.05) is 30.3 Å². The summed E-state index contributed by atoms with van der Waals surface area (Å²) in [6, 6.07) is 19.2. The van der Waals surface area contributed by atoms with Gasteiger partial charge in [-0.15, -0.1) is 0 Å². The summed E-state index contributed by atoms with van der Waals surface area (Å²) >= 11 is 3.46. The Hall–Kier alpha value is -3.45. The molecule has 1 N–H and O–H groups in total. The van der Waals surface area contributed by atoms with E-state index in [0.29, 0.717) is 44.7 Å². The molecule has 0 bridgehead atoms. The van der Waals surface area contributed by atoms with E-state index >= 15 is 0 Å². The van der Waals surface area contributed by atoms with Gasteiger partial charge in [-0.25, -0.2) is 9.78 Å². The number of aromatic amines is 1. The fourth-order valence-corrected chi connectivity index (χ4v) is 3.54. The van der Waals surface area contributed by atoms with Crippen molar-refractivity contribution < 1.29 is 14.3 Å². The van der Waals surface area contributed by atoms with Crippen molar-refractivity contribution >= 4 is 32.8 Å². The van der Waals surface area contributed by atoms with Crippen LogP contribution in [-0.2, 0) is 0 Å². The number of carbonyl (C=O) groups is 1. The molecule has 0 saturated heterocycles. The zero-order valence-electron chi connectivity index (χ0n) is 16.0. The Morgan fingerprint density at radius 1 is 1.07 bits per heavy atom. The van der Waals surface area contributed by atoms with Crippen LogP contribution in [0.15, 0.2) is 76.0 Å². The Morgan fingerprint density at radius 3 is 2.57 bits per heavy atom. The summed E-state index contributed by atoms with van der Waals surface area (Å²) in [5.74, 6) is 0.517. The van der Waals surface area contributed by atoms with Gasteiger partial charge in [-0.3, -0.25) is 4.79 Å². The number of nitrogens with zero attached hydrogens (tertiary/aromatic N) is 1. The highest BCUT2D eigenvalue weighted by Gasteiger charge is 2.19. The normalized spacial score (nSPS) is 10.7. The number of para-hydroxylation sites is 1. The molecule has 0 aliphatic carbocycles. The molecule has 0 aliphatic heterocycles. The minimum absolute atomic E-state index is 0.232. The molecule has 1 aromatic heterocycles. The lowest BCUT2D eigenvalue weighted by molar-refractivity contribution is 0.0727. The molecule has 0 radical (unpaired) electrons. The van der Waals surface area contributed by atoms with Crippen LogP contribution in [0.25, 0.3) is 22.3 Å². The van der Waals surface area contributed by atoms with Gasteiger partial charge in [-0.2, -0.15) is 0 Å². The molecule has 7 heteroatoms. The van der Waals surface area contributed by atoms with Crippen molar-refractivity contribution in [3.05, 3.63) is 87.1 Å². The van der Waals surface area contributed by atoms with Crippen molar-refractivity contribution in [3.8, 4) is 22.9 Å². The molecule has 150 valence electrons. The first kappa shape index (κ1) is 19.8. The monoisotopic (exact) mass is 464 g/mol. The summed E-state index contributed by atoms with van der Waals surface area (Å²) < 4.78 is 11.8. The Morgan fingerprint density at radius 2 is 1.80 bits per heavy atom. The van der Waals surface area contributed by atoms with Crippen LogP contribution >= 0.6 is 15.9 Å². The van der Waals surface area contributed by atoms with E-state index < -0.39 is 5.97 Å². The van der Waals surface area contributed by atoms with E-state index in [-0.39, 0.29) is 11.3 Å². The van der Waals surface area contributed by atoms with Crippen molar-refractivity contribution in [1.29, 1.82) is 0 Å². The van der Waals surface area contributed by atoms with Gasteiger partial charge < -0.3 is 14.5 Å². The van der Waals surface area contributed by atoms with Crippen LogP contribution in [0, 0.1) is 0 Å². The molecule has 30 heavy (non-hydrogen) atoms. The lowest BCUT2D eigenvalue weighted by Gasteiger charge is -2.14. The Balaban J connectivity index is 1.77. The van der Waals surface area contributed by atoms with Gasteiger partial charge in [0.05, 0.1) is 27.5 Å². The van der Waals surface area contributed by atoms with Gasteiger partial charge in [0.1, 0.15) is 5.82 Å². The molecular formula is C23H17BrN2O4. The van der Waals surface area contributed by atoms with Crippen LogP contribution in [0.1, 0.15) is 17.3 Å². The Bertz CT molecular complexity index is 1290. The van der Waals surface area contributed by atoms with Gasteiger partial charge >= 0.3 is 5.97 Å². The number of ether oxygens (including phenoxy) is 2. The van der Waals surface area contributed by atoms with E-state index in [2.05, 4.69) is 25.9 Å². The molecule has 1 heterocycles. The second-order valence-electron chi connectivity index (χ2n) is 6.41. The van der Waals surface area contributed by atoms with E-state index in [9.17, 15) is 9.59 Å². The van der Waals surface area contributed by atoms with Crippen LogP contribution < -0.4 is 15.0 Å². The number of halogens is 1. The van der Waals surface area contributed by atoms with Gasteiger partial charge in [-0.05, 0) is 59.3 Å². The average molecular weight is 465 g/mol. The second kappa shape index (κ2) is 8.51. The second-order valence-corrected chi connectivity index (χ2v) is 7.26. The van der Waals surface area contributed by atoms with Crippen molar-refractivity contribution in [1.82, 2.24) is 9.97 Å². The summed E-state index contributed by atoms with van der Waals surface area (Å²) in [6.07, 6.45) is 0. The fourth-order valence-electron chi connectivity index (χ4n) is 3.02. The number of H-pyrrole nitrogens is 1. The predicted molar refractivity (Wildman–Crippen MR) is 118 cm³/mol. The predicted octanol–water partition coefficient (Wildman–Crippen LogP) is 4.97. The molecule has 0 spiro atoms. The SMILES string of the molecule is CCOc1cc(-c2nc3ccccc3c(=O)[nH]2)cc(Br)c1OC(=O)c1ccccc1. The summed E-state index contributed by atoms with van der Waals surface area (Å²) in [7, 11) is 0. The molecule has 3 aromatic carbocycles. The fraction of sp³-hybridized carbons (Fsp3) is 0.0870. The molecule has 6 nitrogen and oxygen atoms in total. The molecule has 4 rings (SSSR count). The highest BCUT2D eigenvalue weighted by atomic mass is 79.9. The van der Waals surface area contributed by atoms with Crippen LogP contribution in [0.5, 0.6) is 11.5 Å². The van der Waals surface area contributed by atoms with E-state index in [1.807, 2.05) is 19.1 Å². The first-order valence-electron chi connectivity index (χ1n) is 9.30. The molecule has 0 fully saturated rings. The van der Waals surface area contributed by atoms with Gasteiger partial charge in [0.2, 0.25) is 0 Å². The van der Waals surface area contributed by atoms with Crippen molar-refractivity contribution in [2.45, 2.75) is 6.92 Å². The maximum atomic E-state index is 12.5. The summed E-state index contributed by atoms with van der Waals surface area (Å²) in [5.41, 5.74) is 1.40. The summed E-state index contributed by atoms with van der Waals surface area (Å²) in [4.78, 5) is 32.3. The van der Waals surface area contributed by atoms with Crippen molar-refractivity contribution in [2.75, 3.05) is 6.61 Å². The quantitative estimate of drug-likeness (QED) is 0.333. The lowest BCUT2D eigenvalue weighted by Crippen LogP contribution is -2.11. The zero-order chi connectivity index (χ0) is 21.1. The van der Waals surface area contributed by atoms with E-state index in [4.69, 9.17) is 9.47 Å². The molecule has 0 unspecified atom stereocenters. The van der Waals surface area contributed by atoms with Crippen LogP contribution in [0.3, 0.4) is 0 Å². The van der Waals surface area contributed by atoms with Crippen molar-refractivity contribution in [2.24, 2.45) is 0 Å². The smallest absolute Gasteiger partial charge is 0.343 e. The van der Waals surface area contributed by atoms with Gasteiger partial charge in [0.15, 0.2) is 11.5 Å². The van der Waals surface area contributed by atoms with Crippen LogP contribution in [0.2, 0.25) is 0 Å². The van der Waals surface area contributed by atoms with E-state index in [0.717, 1.165) is 0 Å². The van der Waals surface area contributed by atoms with Crippen molar-refractivity contribution in [3.63, 3.8) is 0 Å². The minimum atomic E-state index is -0.498. The number of hydrogen-bond acceptors (Lipinski definition) is 5. The van der Waals surface area contributed by atoms with Gasteiger partial charge in [0, 0.05) is 5.56 Å². The molecule has 0 aliphatic rings. The van der Waals surface area contributed by atoms with E-state index in [1.165, 1.54) is 0 Å². The molecule has 0 amide bonds. The Labute approximate surface area is 180 Å². The minimum Gasteiger partial charge on any atom is -0.490 e. The number of carbonyl (C=O) groups excluding carboxylic acids is 1. The summed E-state index contributed by atoms with van der Waals surface area (Å²) in [6.45, 7) is 2.20. The number of esters is 1. The van der Waals surface area contributed by atoms with Gasteiger partial charge in [0.25, 0.3) is 5.56 Å². The van der Waals surface area contributed by atoms with Crippen LogP contribution in [-0.4, -0.2) is 22.5 Å². The third-order valence-corrected chi connectivity index (χ3v) is 4.99. The largest absolute Gasteiger partial charge is 0.490 e. The number of rotatable bonds is 5. The zero-order valence-corrected chi connectivity index (χ0v) is 17.6. The first-order chi connectivity index (χ1) is 14.6. The number of aromatic nitrogens is 2. The maximum absolute atomic E-state index is 12.5. The Kier molecular flexibility index (Phi) is 5.63. The number of benzene rings is 3. The topological polar surface area (TPSA) is 81.3 Å². The molecule has 0 saturated carbocycles. The molecular weight excluding hydrogens is 448 g/mol. The lowest BCUT2D eigenvalue weighted by atomic mass is 10.1. The molecule has 4 aromatic rings. The highest BCUT2D eigenvalue weighted by Crippen LogP contribution is 2.39. The number of nitrogens with one attached hydrogen (secondary N) is 1. The third kappa shape index (κ3) is 3.97. The van der Waals surface area contributed by atoms with Crippen LogP contribution in [0.4, 0.5) is 0 Å². The summed E-state index contributed by atoms with van der Waals surface area (Å²) in [5, 5.41) is 0.513.